The van der Waals surface area contributed by atoms with Gasteiger partial charge in [0.15, 0.2) is 5.69 Å². The van der Waals surface area contributed by atoms with E-state index >= 15 is 0 Å². The third-order valence-electron chi connectivity index (χ3n) is 27.5. The number of benzene rings is 18. The maximum atomic E-state index is 14.3. The number of nitriles is 1. The van der Waals surface area contributed by atoms with Crippen molar-refractivity contribution >= 4 is 163 Å². The predicted molar refractivity (Wildman–Crippen MR) is 539 cm³/mol. The lowest BCUT2D eigenvalue weighted by molar-refractivity contribution is -0.138. The van der Waals surface area contributed by atoms with E-state index in [1.807, 2.05) is 48.5 Å². The van der Waals surface area contributed by atoms with E-state index in [-0.39, 0.29) is 87.2 Å². The van der Waals surface area contributed by atoms with E-state index in [0.717, 1.165) is 119 Å². The van der Waals surface area contributed by atoms with Gasteiger partial charge in [-0.25, -0.2) is 4.85 Å². The first-order chi connectivity index (χ1) is 69.6. The van der Waals surface area contributed by atoms with Crippen LogP contribution in [0.25, 0.3) is 202 Å². The Kier molecular flexibility index (Phi) is 22.7. The number of fused-ring (bicyclic) bond motifs is 16. The molecule has 18 aromatic carbocycles. The number of alkyl halides is 24. The van der Waals surface area contributed by atoms with Crippen LogP contribution in [0.5, 0.6) is 0 Å². The summed E-state index contributed by atoms with van der Waals surface area (Å²) in [5.74, 6) is 0. The largest absolute Gasteiger partial charge is 0.416 e. The molecule has 0 spiro atoms. The maximum absolute atomic E-state index is 14.3. The number of rotatable bonds is 10. The SMILES string of the molecule is C[Si](C)(C)c1ccc(-c2c3ccc(-n4c5ccc(C(F)(F)F)cc5c5cc(C(F)(F)F)ccc54)cc3c(-c3ccc([Si](C)(C)C)cc3)c3ccc(-n4c5ccc(C(F)(F)F)cc5c5cc(C(F)(F)F)ccc54)cc23)cc1.[C-]#[N+]c1ccc(-c2c3ccc(-n4c5ccc(C(F)(F)F)cc5c5cc(C(F)(F)F)ccc54)cc3c(-c3ccc(C#N)cc3)c3ccc(-n4c5ccc(C(F)(F)F)cc5c5cc(C(F)(F)F)ccc54)cc23)cc1. The van der Waals surface area contributed by atoms with Crippen molar-refractivity contribution in [3.8, 4) is 73.3 Å². The van der Waals surface area contributed by atoms with Gasteiger partial charge in [-0.3, -0.25) is 0 Å². The molecule has 0 atom stereocenters. The Balaban J connectivity index is 0.000000174. The molecule has 0 saturated heterocycles. The van der Waals surface area contributed by atoms with Gasteiger partial charge in [-0.1, -0.05) is 159 Å². The van der Waals surface area contributed by atoms with Gasteiger partial charge in [0.2, 0.25) is 0 Å². The number of hydrogen-bond donors (Lipinski definition) is 0. The zero-order chi connectivity index (χ0) is 105. The van der Waals surface area contributed by atoms with Gasteiger partial charge in [0.25, 0.3) is 0 Å². The number of nitrogens with zero attached hydrogens (tertiary/aromatic N) is 6. The monoisotopic (exact) mass is 2060 g/mol. The number of halogens is 24. The summed E-state index contributed by atoms with van der Waals surface area (Å²) in [6, 6.07) is 76.7. The molecule has 0 aliphatic heterocycles. The van der Waals surface area contributed by atoms with Gasteiger partial charge in [0.05, 0.1) is 123 Å². The first-order valence-corrected chi connectivity index (χ1v) is 52.8. The standard InChI is InChI=1S/C60H44F12N2Si2.C56H26F12N4/c1-75(2,3)41-17-7-33(8-18-41)55-43-21-15-40(74-53-25-13-37(59(67,68)69)29-47(53)48-30-38(60(70,71)72)14-26-54(48)74)32-50(43)56(34-9-19-42(20-10-34)76(4,5)6)44-22-16-39(31-49(44)55)73-51-23-11-35(57(61,62)63)27-45(51)46-28-36(58(64,65)66)12-24-52(46)73;1-70-36-12-6-31(7-13-36)52-40-17-15-37(71-47-18-8-32(53(57,58)59)22-41(47)42-23-33(54(60,61)62)9-19-48(42)71)26-45(40)51(30-4-2-29(28-69)3-5-30)39-16-14-38(27-46(39)52)72-49-20-10-34(55(63,64)65)24-43(49)44-25-35(56(66,67)68)11-21-50(44)72/h7-32H,1-6H3;2-27H. The van der Waals surface area contributed by atoms with Crippen LogP contribution in [-0.4, -0.2) is 34.4 Å². The predicted octanol–water partition coefficient (Wildman–Crippen LogP) is 36.7. The molecule has 0 amide bonds. The normalized spacial score (nSPS) is 13.1. The van der Waals surface area contributed by atoms with Crippen molar-refractivity contribution in [1.29, 1.82) is 5.26 Å². The minimum atomic E-state index is -4.82. The van der Waals surface area contributed by atoms with Crippen molar-refractivity contribution in [2.24, 2.45) is 0 Å². The summed E-state index contributed by atoms with van der Waals surface area (Å²) in [6.07, 6.45) is -38.4. The molecule has 0 N–H and O–H groups in total. The van der Waals surface area contributed by atoms with E-state index in [1.165, 1.54) is 58.9 Å². The molecule has 148 heavy (non-hydrogen) atoms. The van der Waals surface area contributed by atoms with Crippen LogP contribution in [0.2, 0.25) is 39.3 Å². The van der Waals surface area contributed by atoms with Crippen molar-refractivity contribution in [3.05, 3.63) is 377 Å². The molecule has 32 heteroatoms. The second-order valence-corrected chi connectivity index (χ2v) is 48.8. The summed E-state index contributed by atoms with van der Waals surface area (Å²) in [5.41, 5.74) is 0.861. The van der Waals surface area contributed by atoms with Crippen LogP contribution < -0.4 is 10.4 Å². The van der Waals surface area contributed by atoms with Crippen molar-refractivity contribution in [3.63, 3.8) is 0 Å². The van der Waals surface area contributed by atoms with E-state index in [0.29, 0.717) is 99.3 Å². The molecule has 0 aliphatic rings. The molecule has 22 rings (SSSR count). The van der Waals surface area contributed by atoms with Gasteiger partial charge < -0.3 is 18.3 Å². The van der Waals surface area contributed by atoms with Crippen molar-refractivity contribution in [2.45, 2.75) is 88.7 Å². The molecule has 0 radical (unpaired) electrons. The van der Waals surface area contributed by atoms with Gasteiger partial charge in [-0.15, -0.1) is 0 Å². The Hall–Kier alpha value is -16.1. The fourth-order valence-electron chi connectivity index (χ4n) is 20.5. The third kappa shape index (κ3) is 17.0. The van der Waals surface area contributed by atoms with Crippen molar-refractivity contribution < 1.29 is 105 Å². The van der Waals surface area contributed by atoms with Crippen molar-refractivity contribution in [1.82, 2.24) is 18.3 Å². The molecule has 740 valence electrons. The molecule has 0 fully saturated rings. The Morgan fingerprint density at radius 2 is 0.385 bits per heavy atom. The van der Waals surface area contributed by atoms with Crippen LogP contribution in [0.3, 0.4) is 0 Å². The zero-order valence-electron chi connectivity index (χ0n) is 77.8. The second-order valence-electron chi connectivity index (χ2n) is 38.6. The maximum Gasteiger partial charge on any atom is 0.416 e. The fourth-order valence-corrected chi connectivity index (χ4v) is 22.8. The highest BCUT2D eigenvalue weighted by molar-refractivity contribution is 6.89. The quantitative estimate of drug-likeness (QED) is 0.0583. The van der Waals surface area contributed by atoms with E-state index in [9.17, 15) is 111 Å². The summed E-state index contributed by atoms with van der Waals surface area (Å²) >= 11 is 0. The van der Waals surface area contributed by atoms with Crippen LogP contribution in [0.1, 0.15) is 50.1 Å². The van der Waals surface area contributed by atoms with Crippen LogP contribution in [0.15, 0.2) is 315 Å². The Labute approximate surface area is 825 Å². The van der Waals surface area contributed by atoms with Crippen LogP contribution in [0.4, 0.5) is 111 Å². The zero-order valence-corrected chi connectivity index (χ0v) is 79.8. The molecule has 4 heterocycles. The lowest BCUT2D eigenvalue weighted by atomic mass is 9.85. The van der Waals surface area contributed by atoms with Gasteiger partial charge in [0.1, 0.15) is 0 Å². The van der Waals surface area contributed by atoms with E-state index < -0.39 is 110 Å². The molecular formula is C116H70F24N6Si2. The summed E-state index contributed by atoms with van der Waals surface area (Å²) in [6.45, 7) is 20.9. The van der Waals surface area contributed by atoms with E-state index in [4.69, 9.17) is 6.57 Å². The number of aromatic nitrogens is 4. The molecule has 0 saturated carbocycles. The highest BCUT2D eigenvalue weighted by Gasteiger charge is 2.41. The third-order valence-corrected chi connectivity index (χ3v) is 31.7. The first kappa shape index (κ1) is 98.0. The number of hydrogen-bond acceptors (Lipinski definition) is 1. The van der Waals surface area contributed by atoms with E-state index in [2.05, 4.69) is 74.5 Å². The van der Waals surface area contributed by atoms with Crippen LogP contribution in [-0.2, 0) is 49.4 Å². The minimum Gasteiger partial charge on any atom is -0.309 e. The molecular weight excluding hydrogens is 1990 g/mol. The van der Waals surface area contributed by atoms with Crippen LogP contribution >= 0.6 is 0 Å². The smallest absolute Gasteiger partial charge is 0.309 e. The minimum absolute atomic E-state index is 0.0262. The van der Waals surface area contributed by atoms with Gasteiger partial charge in [-0.05, 0) is 294 Å². The lowest BCUT2D eigenvalue weighted by Gasteiger charge is -2.22. The van der Waals surface area contributed by atoms with Crippen molar-refractivity contribution in [2.75, 3.05) is 0 Å². The summed E-state index contributed by atoms with van der Waals surface area (Å²) in [7, 11) is -3.69. The highest BCUT2D eigenvalue weighted by Crippen LogP contribution is 2.54. The molecule has 0 aliphatic carbocycles. The Morgan fingerprint density at radius 3 is 0.547 bits per heavy atom. The van der Waals surface area contributed by atoms with Gasteiger partial charge >= 0.3 is 49.4 Å². The molecule has 0 unspecified atom stereocenters. The Morgan fingerprint density at radius 1 is 0.209 bits per heavy atom. The fraction of sp³-hybridized carbons (Fsp3) is 0.121. The van der Waals surface area contributed by atoms with E-state index in [1.54, 1.807) is 115 Å². The topological polar surface area (TPSA) is 47.9 Å². The average molecular weight is 2060 g/mol. The first-order valence-electron chi connectivity index (χ1n) is 45.8. The van der Waals surface area contributed by atoms with Gasteiger partial charge in [-0.2, -0.15) is 111 Å². The summed E-state index contributed by atoms with van der Waals surface area (Å²) in [4.78, 5) is 3.53. The molecule has 22 aromatic rings. The highest BCUT2D eigenvalue weighted by atomic mass is 28.3. The molecule has 0 bridgehead atoms. The van der Waals surface area contributed by atoms with Crippen LogP contribution in [0, 0.1) is 17.9 Å². The summed E-state index contributed by atoms with van der Waals surface area (Å²) in [5, 5.41) is 16.6. The average Bonchev–Trinajstić information content (AvgIpc) is 1.39. The summed E-state index contributed by atoms with van der Waals surface area (Å²) < 4.78 is 347. The van der Waals surface area contributed by atoms with Gasteiger partial charge in [0, 0.05) is 65.8 Å². The Bertz CT molecular complexity index is 8580. The molecule has 4 aromatic heterocycles. The lowest BCUT2D eigenvalue weighted by Crippen LogP contribution is -2.37. The second kappa shape index (κ2) is 34.3. The molecule has 6 nitrogen and oxygen atoms in total.